The minimum absolute atomic E-state index is 0.303. The Morgan fingerprint density at radius 3 is 2.46 bits per heavy atom. The summed E-state index contributed by atoms with van der Waals surface area (Å²) in [5.41, 5.74) is 1.69. The molecule has 8 heteroatoms. The first kappa shape index (κ1) is 16.3. The molecule has 0 aliphatic heterocycles. The van der Waals surface area contributed by atoms with Crippen LogP contribution in [0, 0.1) is 0 Å². The predicted octanol–water partition coefficient (Wildman–Crippen LogP) is 5.04. The van der Waals surface area contributed by atoms with Crippen LogP contribution >= 0.6 is 11.3 Å². The van der Waals surface area contributed by atoms with Gasteiger partial charge in [0, 0.05) is 13.3 Å². The fourth-order valence-electron chi connectivity index (χ4n) is 2.01. The van der Waals surface area contributed by atoms with E-state index in [1.165, 1.54) is 35.6 Å². The maximum atomic E-state index is 12.1. The number of aliphatic imine (C=N–C) groups is 1. The molecule has 0 radical (unpaired) electrons. The second-order valence-electron chi connectivity index (χ2n) is 4.72. The summed E-state index contributed by atoms with van der Waals surface area (Å²) in [5, 5.41) is 0.403. The second-order valence-corrected chi connectivity index (χ2v) is 5.71. The van der Waals surface area contributed by atoms with Crippen molar-refractivity contribution in [2.24, 2.45) is 4.99 Å². The number of halogens is 3. The summed E-state index contributed by atoms with van der Waals surface area (Å²) < 4.78 is 46.7. The van der Waals surface area contributed by atoms with E-state index in [9.17, 15) is 13.2 Å². The minimum atomic E-state index is -4.71. The molecule has 0 N–H and O–H groups in total. The number of alkyl halides is 3. The summed E-state index contributed by atoms with van der Waals surface area (Å²) in [7, 11) is 1.69. The first-order valence-corrected chi connectivity index (χ1v) is 7.61. The molecule has 24 heavy (non-hydrogen) atoms. The predicted molar refractivity (Wildman–Crippen MR) is 86.3 cm³/mol. The molecule has 4 nitrogen and oxygen atoms in total. The lowest BCUT2D eigenvalue weighted by Gasteiger charge is -2.09. The summed E-state index contributed by atoms with van der Waals surface area (Å²) in [5.74, 6) is 0.0709. The van der Waals surface area contributed by atoms with E-state index in [-0.39, 0.29) is 5.75 Å². The lowest BCUT2D eigenvalue weighted by Crippen LogP contribution is -2.16. The van der Waals surface area contributed by atoms with Crippen molar-refractivity contribution in [3.05, 3.63) is 48.0 Å². The van der Waals surface area contributed by atoms with Crippen molar-refractivity contribution < 1.29 is 22.6 Å². The van der Waals surface area contributed by atoms with E-state index in [0.717, 1.165) is 15.8 Å². The molecule has 1 heterocycles. The fraction of sp³-hybridized carbons (Fsp3) is 0.125. The van der Waals surface area contributed by atoms with Gasteiger partial charge < -0.3 is 9.47 Å². The Morgan fingerprint density at radius 2 is 1.79 bits per heavy atom. The third-order valence-electron chi connectivity index (χ3n) is 2.93. The highest BCUT2D eigenvalue weighted by Gasteiger charge is 2.30. The van der Waals surface area contributed by atoms with Crippen LogP contribution < -0.4 is 9.47 Å². The third-order valence-corrected chi connectivity index (χ3v) is 3.85. The van der Waals surface area contributed by atoms with Crippen molar-refractivity contribution in [3.8, 4) is 16.7 Å². The van der Waals surface area contributed by atoms with Crippen LogP contribution in [0.1, 0.15) is 5.56 Å². The standard InChI is InChI=1S/C16H11F3N2O2S/c1-20-9-10-2-7-14-13(8-10)21-15(24-14)22-11-3-5-12(6-4-11)23-16(17,18)19/h2-9H,1H3/b20-9+. The number of ether oxygens (including phenoxy) is 2. The molecule has 0 saturated heterocycles. The molecule has 0 aliphatic carbocycles. The number of benzene rings is 2. The zero-order valence-corrected chi connectivity index (χ0v) is 13.2. The number of fused-ring (bicyclic) bond motifs is 1. The Balaban J connectivity index is 1.77. The Hall–Kier alpha value is -2.61. The fourth-order valence-corrected chi connectivity index (χ4v) is 2.82. The Kier molecular flexibility index (Phi) is 4.39. The highest BCUT2D eigenvalue weighted by molar-refractivity contribution is 7.20. The van der Waals surface area contributed by atoms with Crippen LogP contribution in [-0.2, 0) is 0 Å². The number of hydrogen-bond acceptors (Lipinski definition) is 5. The molecule has 3 rings (SSSR count). The average Bonchev–Trinajstić information content (AvgIpc) is 2.90. The molecule has 0 atom stereocenters. The molecular weight excluding hydrogens is 341 g/mol. The Bertz CT molecular complexity index is 873. The third kappa shape index (κ3) is 4.02. The lowest BCUT2D eigenvalue weighted by atomic mass is 10.2. The quantitative estimate of drug-likeness (QED) is 0.618. The molecule has 0 spiro atoms. The van der Waals surface area contributed by atoms with Crippen LogP contribution in [0.5, 0.6) is 16.7 Å². The van der Waals surface area contributed by atoms with E-state index < -0.39 is 6.36 Å². The molecule has 0 bridgehead atoms. The molecule has 0 unspecified atom stereocenters. The van der Waals surface area contributed by atoms with Crippen molar-refractivity contribution in [1.29, 1.82) is 0 Å². The second kappa shape index (κ2) is 6.48. The molecular formula is C16H11F3N2O2S. The zero-order chi connectivity index (χ0) is 17.2. The Labute approximate surface area is 139 Å². The van der Waals surface area contributed by atoms with Gasteiger partial charge in [-0.15, -0.1) is 13.2 Å². The van der Waals surface area contributed by atoms with Crippen LogP contribution in [-0.4, -0.2) is 24.6 Å². The van der Waals surface area contributed by atoms with E-state index in [2.05, 4.69) is 14.7 Å². The molecule has 2 aromatic carbocycles. The van der Waals surface area contributed by atoms with Crippen molar-refractivity contribution in [2.75, 3.05) is 7.05 Å². The SMILES string of the molecule is C/N=C/c1ccc2sc(Oc3ccc(OC(F)(F)F)cc3)nc2c1. The van der Waals surface area contributed by atoms with Gasteiger partial charge in [0.15, 0.2) is 0 Å². The number of hydrogen-bond donors (Lipinski definition) is 0. The zero-order valence-electron chi connectivity index (χ0n) is 12.4. The van der Waals surface area contributed by atoms with E-state index in [0.29, 0.717) is 10.9 Å². The highest BCUT2D eigenvalue weighted by Crippen LogP contribution is 2.32. The monoisotopic (exact) mass is 352 g/mol. The van der Waals surface area contributed by atoms with Gasteiger partial charge in [-0.25, -0.2) is 4.98 Å². The topological polar surface area (TPSA) is 43.7 Å². The van der Waals surface area contributed by atoms with Gasteiger partial charge in [0.05, 0.1) is 10.2 Å². The van der Waals surface area contributed by atoms with Crippen LogP contribution in [0.3, 0.4) is 0 Å². The van der Waals surface area contributed by atoms with Crippen molar-refractivity contribution in [1.82, 2.24) is 4.98 Å². The molecule has 0 saturated carbocycles. The summed E-state index contributed by atoms with van der Waals surface area (Å²) in [6.07, 6.45) is -2.99. The summed E-state index contributed by atoms with van der Waals surface area (Å²) in [4.78, 5) is 8.30. The van der Waals surface area contributed by atoms with Crippen molar-refractivity contribution in [2.45, 2.75) is 6.36 Å². The minimum Gasteiger partial charge on any atom is -0.431 e. The largest absolute Gasteiger partial charge is 0.573 e. The summed E-state index contributed by atoms with van der Waals surface area (Å²) in [6.45, 7) is 0. The van der Waals surface area contributed by atoms with E-state index in [4.69, 9.17) is 4.74 Å². The van der Waals surface area contributed by atoms with E-state index >= 15 is 0 Å². The summed E-state index contributed by atoms with van der Waals surface area (Å²) >= 11 is 1.34. The van der Waals surface area contributed by atoms with Gasteiger partial charge in [-0.05, 0) is 42.0 Å². The summed E-state index contributed by atoms with van der Waals surface area (Å²) in [6, 6.07) is 10.9. The Morgan fingerprint density at radius 1 is 1.08 bits per heavy atom. The van der Waals surface area contributed by atoms with Crippen LogP contribution in [0.25, 0.3) is 10.2 Å². The van der Waals surface area contributed by atoms with E-state index in [1.807, 2.05) is 18.2 Å². The maximum Gasteiger partial charge on any atom is 0.573 e. The average molecular weight is 352 g/mol. The van der Waals surface area contributed by atoms with Gasteiger partial charge in [0.25, 0.3) is 5.19 Å². The van der Waals surface area contributed by atoms with Crippen LogP contribution in [0.15, 0.2) is 47.5 Å². The lowest BCUT2D eigenvalue weighted by molar-refractivity contribution is -0.274. The van der Waals surface area contributed by atoms with Gasteiger partial charge in [0.2, 0.25) is 0 Å². The maximum absolute atomic E-state index is 12.1. The normalized spacial score (nSPS) is 12.0. The highest BCUT2D eigenvalue weighted by atomic mass is 32.1. The van der Waals surface area contributed by atoms with Gasteiger partial charge in [-0.2, -0.15) is 0 Å². The number of rotatable bonds is 4. The van der Waals surface area contributed by atoms with Crippen molar-refractivity contribution in [3.63, 3.8) is 0 Å². The van der Waals surface area contributed by atoms with Gasteiger partial charge >= 0.3 is 6.36 Å². The number of aromatic nitrogens is 1. The van der Waals surface area contributed by atoms with Gasteiger partial charge in [-0.1, -0.05) is 17.4 Å². The van der Waals surface area contributed by atoms with Crippen LogP contribution in [0.4, 0.5) is 13.2 Å². The number of nitrogens with zero attached hydrogens (tertiary/aromatic N) is 2. The first-order valence-electron chi connectivity index (χ1n) is 6.79. The van der Waals surface area contributed by atoms with Crippen molar-refractivity contribution >= 4 is 27.8 Å². The van der Waals surface area contributed by atoms with Gasteiger partial charge in [-0.3, -0.25) is 4.99 Å². The molecule has 3 aromatic rings. The molecule has 0 fully saturated rings. The number of thiazole rings is 1. The molecule has 0 aliphatic rings. The van der Waals surface area contributed by atoms with Crippen LogP contribution in [0.2, 0.25) is 0 Å². The molecule has 0 amide bonds. The smallest absolute Gasteiger partial charge is 0.431 e. The molecule has 1 aromatic heterocycles. The van der Waals surface area contributed by atoms with E-state index in [1.54, 1.807) is 13.3 Å². The molecule has 124 valence electrons. The van der Waals surface area contributed by atoms with Gasteiger partial charge in [0.1, 0.15) is 11.5 Å². The first-order chi connectivity index (χ1) is 11.4.